The van der Waals surface area contributed by atoms with Gasteiger partial charge in [-0.2, -0.15) is 4.67 Å². The number of hydrogen-bond acceptors (Lipinski definition) is 10. The van der Waals surface area contributed by atoms with E-state index < -0.39 is 57.2 Å². The van der Waals surface area contributed by atoms with Crippen LogP contribution in [0.4, 0.5) is 5.82 Å². The molecule has 15 nitrogen and oxygen atoms in total. The van der Waals surface area contributed by atoms with Crippen molar-refractivity contribution in [3.05, 3.63) is 12.7 Å². The summed E-state index contributed by atoms with van der Waals surface area (Å²) in [7, 11) is -3.76. The predicted octanol–water partition coefficient (Wildman–Crippen LogP) is -0.966. The number of aliphatic carboxylic acids is 2. The quantitative estimate of drug-likeness (QED) is 0.284. The number of carboxylic acids is 2. The van der Waals surface area contributed by atoms with Crippen LogP contribution in [0.5, 0.6) is 0 Å². The molecule has 1 aliphatic rings. The van der Waals surface area contributed by atoms with Crippen molar-refractivity contribution in [1.29, 1.82) is 0 Å². The van der Waals surface area contributed by atoms with Gasteiger partial charge in [-0.05, 0) is 7.05 Å². The summed E-state index contributed by atoms with van der Waals surface area (Å²) in [6.07, 6.45) is -1.01. The van der Waals surface area contributed by atoms with Gasteiger partial charge in [0.05, 0.1) is 25.5 Å². The normalized spacial score (nSPS) is 24.3. The number of carboxylic acid groups (broad SMARTS) is 2. The first kappa shape index (κ1) is 23.0. The van der Waals surface area contributed by atoms with E-state index in [1.807, 2.05) is 0 Å². The number of imidazole rings is 1. The van der Waals surface area contributed by atoms with Gasteiger partial charge < -0.3 is 30.7 Å². The number of nitrogen functional groups attached to an aromatic ring is 1. The van der Waals surface area contributed by atoms with E-state index in [4.69, 9.17) is 25.2 Å². The third kappa shape index (κ3) is 4.81. The van der Waals surface area contributed by atoms with Crippen LogP contribution < -0.4 is 5.73 Å². The summed E-state index contributed by atoms with van der Waals surface area (Å²) in [6, 6.07) is -1.79. The lowest BCUT2D eigenvalue weighted by molar-refractivity contribution is -0.148. The molecule has 2 aromatic rings. The maximum atomic E-state index is 12.4. The number of carbonyl (C=O) groups is 2. The molecule has 0 spiro atoms. The highest BCUT2D eigenvalue weighted by molar-refractivity contribution is 7.50. The van der Waals surface area contributed by atoms with Crippen LogP contribution in [-0.2, 0) is 23.4 Å². The number of aliphatic hydroxyl groups is 1. The number of aliphatic hydroxyl groups excluding tert-OH is 1. The lowest BCUT2D eigenvalue weighted by atomic mass is 10.2. The van der Waals surface area contributed by atoms with E-state index in [1.54, 1.807) is 0 Å². The Morgan fingerprint density at radius 2 is 2.13 bits per heavy atom. The van der Waals surface area contributed by atoms with Crippen LogP contribution in [0.1, 0.15) is 19.1 Å². The molecule has 1 unspecified atom stereocenters. The van der Waals surface area contributed by atoms with E-state index in [0.717, 1.165) is 7.05 Å². The molecule has 0 bridgehead atoms. The molecule has 5 atom stereocenters. The summed E-state index contributed by atoms with van der Waals surface area (Å²) in [6.45, 7) is -0.557. The summed E-state index contributed by atoms with van der Waals surface area (Å²) in [4.78, 5) is 44.2. The largest absolute Gasteiger partial charge is 0.481 e. The molecule has 1 aliphatic heterocycles. The SMILES string of the molecule is CN([C@H](CC(=O)O)C(=O)O)P(=O)(O)OC[C@H]1O[C@@H](n2cnc3c(N)ncnc32)C[C@@H]1O. The summed E-state index contributed by atoms with van der Waals surface area (Å²) >= 11 is 0. The van der Waals surface area contributed by atoms with E-state index in [0.29, 0.717) is 15.8 Å². The molecule has 1 saturated heterocycles. The molecule has 31 heavy (non-hydrogen) atoms. The van der Waals surface area contributed by atoms with Gasteiger partial charge in [0.2, 0.25) is 0 Å². The van der Waals surface area contributed by atoms with E-state index >= 15 is 0 Å². The Morgan fingerprint density at radius 1 is 1.42 bits per heavy atom. The third-order valence-corrected chi connectivity index (χ3v) is 6.37. The lowest BCUT2D eigenvalue weighted by Crippen LogP contribution is -2.39. The van der Waals surface area contributed by atoms with E-state index in [1.165, 1.54) is 17.2 Å². The topological polar surface area (TPSA) is 223 Å². The van der Waals surface area contributed by atoms with Gasteiger partial charge in [0.1, 0.15) is 30.2 Å². The molecule has 0 aromatic carbocycles. The minimum Gasteiger partial charge on any atom is -0.481 e. The van der Waals surface area contributed by atoms with Crippen LogP contribution in [0.25, 0.3) is 11.2 Å². The average Bonchev–Trinajstić information content (AvgIpc) is 3.28. The molecular weight excluding hydrogens is 439 g/mol. The molecular formula is C15H21N6O9P. The molecule has 3 heterocycles. The van der Waals surface area contributed by atoms with Crippen LogP contribution in [0.3, 0.4) is 0 Å². The maximum absolute atomic E-state index is 12.4. The summed E-state index contributed by atoms with van der Waals surface area (Å²) in [5.74, 6) is -2.90. The molecule has 1 fully saturated rings. The fourth-order valence-electron chi connectivity index (χ4n) is 3.10. The second-order valence-electron chi connectivity index (χ2n) is 6.83. The van der Waals surface area contributed by atoms with E-state index in [9.17, 15) is 24.2 Å². The second kappa shape index (κ2) is 8.82. The van der Waals surface area contributed by atoms with Gasteiger partial charge in [0.15, 0.2) is 11.5 Å². The van der Waals surface area contributed by atoms with Crippen molar-refractivity contribution in [2.45, 2.75) is 37.3 Å². The maximum Gasteiger partial charge on any atom is 0.406 e. The van der Waals surface area contributed by atoms with Crippen LogP contribution >= 0.6 is 7.75 Å². The average molecular weight is 460 g/mol. The zero-order chi connectivity index (χ0) is 22.9. The van der Waals surface area contributed by atoms with Crippen LogP contribution in [0.15, 0.2) is 12.7 Å². The number of aromatic nitrogens is 4. The monoisotopic (exact) mass is 460 g/mol. The third-order valence-electron chi connectivity index (χ3n) is 4.81. The zero-order valence-corrected chi connectivity index (χ0v) is 17.1. The van der Waals surface area contributed by atoms with Gasteiger partial charge in [0.25, 0.3) is 0 Å². The number of fused-ring (bicyclic) bond motifs is 1. The Bertz CT molecular complexity index is 1030. The Labute approximate surface area is 174 Å². The highest BCUT2D eigenvalue weighted by Crippen LogP contribution is 2.48. The number of nitrogens with zero attached hydrogens (tertiary/aromatic N) is 5. The second-order valence-corrected chi connectivity index (χ2v) is 8.70. The van der Waals surface area contributed by atoms with Crippen LogP contribution in [0, 0.1) is 0 Å². The molecule has 0 aliphatic carbocycles. The molecule has 0 amide bonds. The van der Waals surface area contributed by atoms with Gasteiger partial charge in [-0.3, -0.25) is 18.7 Å². The van der Waals surface area contributed by atoms with Crippen LogP contribution in [-0.4, -0.2) is 88.2 Å². The minimum atomic E-state index is -4.71. The number of ether oxygens (including phenoxy) is 1. The first-order valence-corrected chi connectivity index (χ1v) is 10.5. The predicted molar refractivity (Wildman–Crippen MR) is 101 cm³/mol. The zero-order valence-electron chi connectivity index (χ0n) is 16.2. The highest BCUT2D eigenvalue weighted by Gasteiger charge is 2.41. The van der Waals surface area contributed by atoms with Crippen molar-refractivity contribution in [1.82, 2.24) is 24.2 Å². The Morgan fingerprint density at radius 3 is 2.77 bits per heavy atom. The summed E-state index contributed by atoms with van der Waals surface area (Å²) in [5, 5.41) is 28.2. The van der Waals surface area contributed by atoms with Crippen molar-refractivity contribution in [2.24, 2.45) is 0 Å². The fraction of sp³-hybridized carbons (Fsp3) is 0.533. The van der Waals surface area contributed by atoms with Gasteiger partial charge in [-0.15, -0.1) is 0 Å². The number of likely N-dealkylation sites (N-methyl/N-ethyl adjacent to an activating group) is 1. The van der Waals surface area contributed by atoms with E-state index in [-0.39, 0.29) is 12.2 Å². The van der Waals surface area contributed by atoms with Crippen molar-refractivity contribution in [2.75, 3.05) is 19.4 Å². The Balaban J connectivity index is 1.67. The number of rotatable bonds is 9. The number of hydrogen-bond donors (Lipinski definition) is 5. The minimum absolute atomic E-state index is 0.0890. The number of anilines is 1. The van der Waals surface area contributed by atoms with Crippen molar-refractivity contribution >= 4 is 36.7 Å². The van der Waals surface area contributed by atoms with Gasteiger partial charge in [-0.1, -0.05) is 0 Å². The van der Waals surface area contributed by atoms with Crippen molar-refractivity contribution < 1.29 is 43.6 Å². The highest BCUT2D eigenvalue weighted by atomic mass is 31.2. The summed E-state index contributed by atoms with van der Waals surface area (Å²) in [5.41, 5.74) is 6.46. The Kier molecular flexibility index (Phi) is 6.54. The molecule has 170 valence electrons. The molecule has 16 heteroatoms. The van der Waals surface area contributed by atoms with Crippen molar-refractivity contribution in [3.63, 3.8) is 0 Å². The molecule has 3 rings (SSSR count). The first-order chi connectivity index (χ1) is 14.5. The first-order valence-electron chi connectivity index (χ1n) is 8.93. The summed E-state index contributed by atoms with van der Waals surface area (Å²) < 4.78 is 25.1. The lowest BCUT2D eigenvalue weighted by Gasteiger charge is -2.28. The van der Waals surface area contributed by atoms with Crippen molar-refractivity contribution in [3.8, 4) is 0 Å². The molecule has 6 N–H and O–H groups in total. The standard InChI is InChI=1S/C15H21N6O9P/c1-20(7(15(25)26)2-11(23)24)31(27,28)29-4-9-8(22)3-10(30-9)21-6-19-12-13(16)17-5-18-14(12)21/h5-10,22H,2-4H2,1H3,(H,23,24)(H,25,26)(H,27,28)(H2,16,17,18)/t7-,8+,9-,10-/m1/s1. The number of nitrogens with two attached hydrogens (primary N) is 1. The van der Waals surface area contributed by atoms with Gasteiger partial charge >= 0.3 is 19.7 Å². The van der Waals surface area contributed by atoms with Gasteiger partial charge in [-0.25, -0.2) is 19.5 Å². The van der Waals surface area contributed by atoms with E-state index in [2.05, 4.69) is 15.0 Å². The fourth-order valence-corrected chi connectivity index (χ4v) is 4.16. The Hall–Kier alpha value is -2.68. The molecule has 0 saturated carbocycles. The molecule has 2 aromatic heterocycles. The smallest absolute Gasteiger partial charge is 0.406 e. The van der Waals surface area contributed by atoms with Crippen LogP contribution in [0.2, 0.25) is 0 Å². The molecule has 0 radical (unpaired) electrons. The van der Waals surface area contributed by atoms with Gasteiger partial charge in [0, 0.05) is 6.42 Å².